The maximum Gasteiger partial charge on any atom is 0.173 e. The van der Waals surface area contributed by atoms with Gasteiger partial charge in [0.15, 0.2) is 5.78 Å². The number of hydrogen-bond acceptors (Lipinski definition) is 2. The molecular formula is C10H17NO. The third-order valence-corrected chi connectivity index (χ3v) is 2.29. The Balaban J connectivity index is 2.83. The number of nitrogens with zero attached hydrogens (tertiary/aromatic N) is 1. The molecule has 0 saturated carbocycles. The molecule has 12 heavy (non-hydrogen) atoms. The van der Waals surface area contributed by atoms with Gasteiger partial charge in [-0.05, 0) is 26.0 Å². The molecule has 1 unspecified atom stereocenters. The van der Waals surface area contributed by atoms with Crippen LogP contribution in [0.15, 0.2) is 11.6 Å². The van der Waals surface area contributed by atoms with Gasteiger partial charge in [-0.2, -0.15) is 0 Å². The topological polar surface area (TPSA) is 20.3 Å². The predicted octanol–water partition coefficient (Wildman–Crippen LogP) is 1.47. The SMILES string of the molecule is CC1=CC(=O)C(C(C)C)N(C)C1. The summed E-state index contributed by atoms with van der Waals surface area (Å²) in [4.78, 5) is 13.7. The molecule has 1 rings (SSSR count). The van der Waals surface area contributed by atoms with Crippen molar-refractivity contribution in [3.8, 4) is 0 Å². The molecule has 68 valence electrons. The predicted molar refractivity (Wildman–Crippen MR) is 50.0 cm³/mol. The summed E-state index contributed by atoms with van der Waals surface area (Å²) in [7, 11) is 2.01. The lowest BCUT2D eigenvalue weighted by Gasteiger charge is -2.32. The Bertz CT molecular complexity index is 218. The van der Waals surface area contributed by atoms with Gasteiger partial charge in [-0.3, -0.25) is 9.69 Å². The zero-order valence-corrected chi connectivity index (χ0v) is 8.29. The molecule has 0 aromatic heterocycles. The van der Waals surface area contributed by atoms with E-state index >= 15 is 0 Å². The van der Waals surface area contributed by atoms with Gasteiger partial charge in [-0.15, -0.1) is 0 Å². The van der Waals surface area contributed by atoms with E-state index in [-0.39, 0.29) is 11.8 Å². The average Bonchev–Trinajstić information content (AvgIpc) is 1.82. The summed E-state index contributed by atoms with van der Waals surface area (Å²) in [6.45, 7) is 7.11. The smallest absolute Gasteiger partial charge is 0.173 e. The van der Waals surface area contributed by atoms with E-state index in [9.17, 15) is 4.79 Å². The summed E-state index contributed by atoms with van der Waals surface area (Å²) in [5.41, 5.74) is 1.17. The van der Waals surface area contributed by atoms with Crippen molar-refractivity contribution in [3.05, 3.63) is 11.6 Å². The van der Waals surface area contributed by atoms with Gasteiger partial charge < -0.3 is 0 Å². The lowest BCUT2D eigenvalue weighted by Crippen LogP contribution is -2.45. The van der Waals surface area contributed by atoms with E-state index in [0.29, 0.717) is 5.92 Å². The summed E-state index contributed by atoms with van der Waals surface area (Å²) in [6, 6.07) is 0.0914. The minimum atomic E-state index is 0.0914. The van der Waals surface area contributed by atoms with E-state index in [4.69, 9.17) is 0 Å². The normalized spacial score (nSPS) is 26.2. The zero-order valence-electron chi connectivity index (χ0n) is 8.29. The summed E-state index contributed by atoms with van der Waals surface area (Å²) < 4.78 is 0. The summed E-state index contributed by atoms with van der Waals surface area (Å²) in [5, 5.41) is 0. The van der Waals surface area contributed by atoms with Crippen LogP contribution in [-0.4, -0.2) is 30.3 Å². The van der Waals surface area contributed by atoms with Crippen molar-refractivity contribution in [3.63, 3.8) is 0 Å². The molecule has 0 saturated heterocycles. The van der Waals surface area contributed by atoms with E-state index < -0.39 is 0 Å². The highest BCUT2D eigenvalue weighted by Gasteiger charge is 2.28. The molecule has 0 aliphatic carbocycles. The minimum Gasteiger partial charge on any atom is -0.293 e. The molecule has 0 amide bonds. The summed E-state index contributed by atoms with van der Waals surface area (Å²) >= 11 is 0. The van der Waals surface area contributed by atoms with Crippen LogP contribution in [0, 0.1) is 5.92 Å². The van der Waals surface area contributed by atoms with Crippen LogP contribution in [0.5, 0.6) is 0 Å². The molecule has 0 fully saturated rings. The number of hydrogen-bond donors (Lipinski definition) is 0. The van der Waals surface area contributed by atoms with Gasteiger partial charge in [-0.25, -0.2) is 0 Å². The van der Waals surface area contributed by atoms with Crippen molar-refractivity contribution in [2.75, 3.05) is 13.6 Å². The highest BCUT2D eigenvalue weighted by molar-refractivity contribution is 5.95. The first-order chi connectivity index (χ1) is 5.52. The van der Waals surface area contributed by atoms with Crippen molar-refractivity contribution in [2.45, 2.75) is 26.8 Å². The van der Waals surface area contributed by atoms with E-state index in [1.165, 1.54) is 5.57 Å². The van der Waals surface area contributed by atoms with Gasteiger partial charge in [0.1, 0.15) is 0 Å². The van der Waals surface area contributed by atoms with E-state index in [1.807, 2.05) is 14.0 Å². The Morgan fingerprint density at radius 3 is 2.58 bits per heavy atom. The Hall–Kier alpha value is -0.630. The van der Waals surface area contributed by atoms with Crippen molar-refractivity contribution < 1.29 is 4.79 Å². The molecule has 0 aromatic rings. The first-order valence-corrected chi connectivity index (χ1v) is 4.43. The molecule has 0 spiro atoms. The number of ketones is 1. The first-order valence-electron chi connectivity index (χ1n) is 4.43. The first kappa shape index (κ1) is 9.46. The fourth-order valence-corrected chi connectivity index (χ4v) is 1.92. The van der Waals surface area contributed by atoms with Crippen LogP contribution in [0.4, 0.5) is 0 Å². The molecular weight excluding hydrogens is 150 g/mol. The maximum atomic E-state index is 11.5. The molecule has 2 nitrogen and oxygen atoms in total. The monoisotopic (exact) mass is 167 g/mol. The minimum absolute atomic E-state index is 0.0914. The Morgan fingerprint density at radius 1 is 1.58 bits per heavy atom. The van der Waals surface area contributed by atoms with Crippen LogP contribution in [0.25, 0.3) is 0 Å². The van der Waals surface area contributed by atoms with Gasteiger partial charge in [0.2, 0.25) is 0 Å². The van der Waals surface area contributed by atoms with Crippen molar-refractivity contribution >= 4 is 5.78 Å². The lowest BCUT2D eigenvalue weighted by atomic mass is 9.93. The van der Waals surface area contributed by atoms with Crippen LogP contribution in [0.1, 0.15) is 20.8 Å². The molecule has 0 N–H and O–H groups in total. The Labute approximate surface area is 74.2 Å². The third kappa shape index (κ3) is 1.75. The molecule has 1 heterocycles. The van der Waals surface area contributed by atoms with Gasteiger partial charge in [0, 0.05) is 6.54 Å². The molecule has 0 aromatic carbocycles. The fourth-order valence-electron chi connectivity index (χ4n) is 1.92. The number of rotatable bonds is 1. The van der Waals surface area contributed by atoms with Crippen LogP contribution >= 0.6 is 0 Å². The number of carbonyl (C=O) groups excluding carboxylic acids is 1. The van der Waals surface area contributed by atoms with Gasteiger partial charge >= 0.3 is 0 Å². The van der Waals surface area contributed by atoms with Crippen LogP contribution < -0.4 is 0 Å². The molecule has 1 aliphatic heterocycles. The van der Waals surface area contributed by atoms with Crippen LogP contribution in [0.2, 0.25) is 0 Å². The van der Waals surface area contributed by atoms with Crippen LogP contribution in [-0.2, 0) is 4.79 Å². The second kappa shape index (κ2) is 3.40. The summed E-state index contributed by atoms with van der Waals surface area (Å²) in [6.07, 6.45) is 1.78. The second-order valence-electron chi connectivity index (χ2n) is 4.00. The largest absolute Gasteiger partial charge is 0.293 e. The van der Waals surface area contributed by atoms with Crippen molar-refractivity contribution in [1.29, 1.82) is 0 Å². The van der Waals surface area contributed by atoms with E-state index in [0.717, 1.165) is 6.54 Å². The molecule has 1 aliphatic rings. The van der Waals surface area contributed by atoms with Gasteiger partial charge in [0.25, 0.3) is 0 Å². The van der Waals surface area contributed by atoms with Crippen molar-refractivity contribution in [1.82, 2.24) is 4.90 Å². The number of likely N-dealkylation sites (N-methyl/N-ethyl adjacent to an activating group) is 1. The fraction of sp³-hybridized carbons (Fsp3) is 0.700. The molecule has 0 bridgehead atoms. The highest BCUT2D eigenvalue weighted by atomic mass is 16.1. The quantitative estimate of drug-likeness (QED) is 0.589. The van der Waals surface area contributed by atoms with Gasteiger partial charge in [0.05, 0.1) is 6.04 Å². The number of carbonyl (C=O) groups is 1. The average molecular weight is 167 g/mol. The van der Waals surface area contributed by atoms with E-state index in [2.05, 4.69) is 18.7 Å². The Kier molecular flexibility index (Phi) is 2.68. The molecule has 0 radical (unpaired) electrons. The second-order valence-corrected chi connectivity index (χ2v) is 4.00. The molecule has 2 heteroatoms. The van der Waals surface area contributed by atoms with Crippen molar-refractivity contribution in [2.24, 2.45) is 5.92 Å². The summed E-state index contributed by atoms with van der Waals surface area (Å²) in [5.74, 6) is 0.670. The van der Waals surface area contributed by atoms with E-state index in [1.54, 1.807) is 6.08 Å². The third-order valence-electron chi connectivity index (χ3n) is 2.29. The lowest BCUT2D eigenvalue weighted by molar-refractivity contribution is -0.121. The highest BCUT2D eigenvalue weighted by Crippen LogP contribution is 2.17. The maximum absolute atomic E-state index is 11.5. The Morgan fingerprint density at radius 2 is 2.17 bits per heavy atom. The van der Waals surface area contributed by atoms with Crippen LogP contribution in [0.3, 0.4) is 0 Å². The zero-order chi connectivity index (χ0) is 9.30. The molecule has 1 atom stereocenters. The standard InChI is InChI=1S/C10H17NO/c1-7(2)10-9(12)5-8(3)6-11(10)4/h5,7,10H,6H2,1-4H3. The van der Waals surface area contributed by atoms with Gasteiger partial charge in [-0.1, -0.05) is 19.4 Å².